The van der Waals surface area contributed by atoms with Crippen LogP contribution in [0.4, 0.5) is 0 Å². The van der Waals surface area contributed by atoms with Crippen LogP contribution in [-0.2, 0) is 9.59 Å². The van der Waals surface area contributed by atoms with E-state index in [2.05, 4.69) is 0 Å². The van der Waals surface area contributed by atoms with E-state index in [1.807, 2.05) is 41.5 Å². The highest BCUT2D eigenvalue weighted by Crippen LogP contribution is 2.40. The van der Waals surface area contributed by atoms with Crippen molar-refractivity contribution < 1.29 is 9.59 Å². The van der Waals surface area contributed by atoms with E-state index >= 15 is 0 Å². The third-order valence-corrected chi connectivity index (χ3v) is 3.86. The van der Waals surface area contributed by atoms with Crippen LogP contribution in [0.5, 0.6) is 0 Å². The third kappa shape index (κ3) is 3.16. The summed E-state index contributed by atoms with van der Waals surface area (Å²) in [5.74, 6) is -0.322. The van der Waals surface area contributed by atoms with Crippen LogP contribution in [0.15, 0.2) is 0 Å². The first kappa shape index (κ1) is 15.3. The van der Waals surface area contributed by atoms with E-state index in [-0.39, 0.29) is 17.0 Å². The Hall–Kier alpha value is -0.660. The molecule has 0 aromatic carbocycles. The molecule has 0 amide bonds. The second-order valence-electron chi connectivity index (χ2n) is 6.18. The summed E-state index contributed by atoms with van der Waals surface area (Å²) < 4.78 is 0. The molecule has 0 aromatic rings. The zero-order chi connectivity index (χ0) is 13.1. The summed E-state index contributed by atoms with van der Waals surface area (Å²) in [5.41, 5.74) is -0.583. The largest absolute Gasteiger partial charge is 0.299 e. The van der Waals surface area contributed by atoms with Crippen molar-refractivity contribution in [3.63, 3.8) is 0 Å². The maximum atomic E-state index is 12.3. The van der Waals surface area contributed by atoms with Crippen molar-refractivity contribution in [1.82, 2.24) is 0 Å². The topological polar surface area (TPSA) is 34.1 Å². The Labute approximate surface area is 99.8 Å². The average Bonchev–Trinajstić information content (AvgIpc) is 2.14. The van der Waals surface area contributed by atoms with Crippen molar-refractivity contribution in [2.45, 2.75) is 61.3 Å². The average molecular weight is 226 g/mol. The number of ketones is 2. The molecule has 0 radical (unpaired) electrons. The molecule has 0 spiro atoms. The van der Waals surface area contributed by atoms with Crippen molar-refractivity contribution in [1.29, 1.82) is 0 Å². The molecule has 16 heavy (non-hydrogen) atoms. The van der Waals surface area contributed by atoms with Gasteiger partial charge in [-0.3, -0.25) is 9.59 Å². The minimum absolute atomic E-state index is 0.0680. The highest BCUT2D eigenvalue weighted by atomic mass is 16.2. The predicted octanol–water partition coefficient (Wildman–Crippen LogP) is 3.63. The molecule has 0 aliphatic heterocycles. The second-order valence-corrected chi connectivity index (χ2v) is 6.18. The van der Waals surface area contributed by atoms with Gasteiger partial charge >= 0.3 is 0 Å². The summed E-state index contributed by atoms with van der Waals surface area (Å²) in [6, 6.07) is 0. The Balaban J connectivity index is 4.87. The summed E-state index contributed by atoms with van der Waals surface area (Å²) in [6.45, 7) is 13.7. The van der Waals surface area contributed by atoms with Gasteiger partial charge in [0.1, 0.15) is 11.6 Å². The molecular formula is C14H26O2. The van der Waals surface area contributed by atoms with Crippen LogP contribution in [0, 0.1) is 16.7 Å². The highest BCUT2D eigenvalue weighted by Gasteiger charge is 2.42. The van der Waals surface area contributed by atoms with Gasteiger partial charge in [0, 0.05) is 11.8 Å². The van der Waals surface area contributed by atoms with Gasteiger partial charge < -0.3 is 0 Å². The molecule has 2 heteroatoms. The third-order valence-electron chi connectivity index (χ3n) is 3.86. The van der Waals surface area contributed by atoms with E-state index in [4.69, 9.17) is 0 Å². The molecule has 2 nitrogen and oxygen atoms in total. The smallest absolute Gasteiger partial charge is 0.149 e. The first-order chi connectivity index (χ1) is 7.05. The lowest BCUT2D eigenvalue weighted by molar-refractivity contribution is -0.141. The minimum Gasteiger partial charge on any atom is -0.299 e. The molecule has 0 rings (SSSR count). The lowest BCUT2D eigenvalue weighted by atomic mass is 9.64. The summed E-state index contributed by atoms with van der Waals surface area (Å²) in [5, 5.41) is 0. The number of carbonyl (C=O) groups is 2. The fraction of sp³-hybridized carbons (Fsp3) is 0.857. The summed E-state index contributed by atoms with van der Waals surface area (Å²) >= 11 is 0. The van der Waals surface area contributed by atoms with Gasteiger partial charge in [0.25, 0.3) is 0 Å². The Bertz CT molecular complexity index is 269. The van der Waals surface area contributed by atoms with Gasteiger partial charge in [-0.2, -0.15) is 0 Å². The van der Waals surface area contributed by atoms with E-state index < -0.39 is 11.3 Å². The Morgan fingerprint density at radius 2 is 1.50 bits per heavy atom. The molecule has 0 bridgehead atoms. The maximum Gasteiger partial charge on any atom is 0.149 e. The number of hydrogen-bond acceptors (Lipinski definition) is 2. The van der Waals surface area contributed by atoms with Crippen molar-refractivity contribution in [2.24, 2.45) is 16.7 Å². The molecule has 1 unspecified atom stereocenters. The summed E-state index contributed by atoms with van der Waals surface area (Å²) in [6.07, 6.45) is 1.32. The highest BCUT2D eigenvalue weighted by molar-refractivity contribution is 6.04. The zero-order valence-corrected chi connectivity index (χ0v) is 11.8. The molecular weight excluding hydrogens is 200 g/mol. The summed E-state index contributed by atoms with van der Waals surface area (Å²) in [7, 11) is 0. The first-order valence-electron chi connectivity index (χ1n) is 6.12. The Morgan fingerprint density at radius 1 is 1.06 bits per heavy atom. The Kier molecular flexibility index (Phi) is 4.90. The monoisotopic (exact) mass is 226 g/mol. The van der Waals surface area contributed by atoms with Gasteiger partial charge in [0.2, 0.25) is 0 Å². The van der Waals surface area contributed by atoms with Crippen LogP contribution in [0.25, 0.3) is 0 Å². The quantitative estimate of drug-likeness (QED) is 0.671. The number of hydrogen-bond donors (Lipinski definition) is 0. The van der Waals surface area contributed by atoms with Crippen LogP contribution in [-0.4, -0.2) is 11.6 Å². The summed E-state index contributed by atoms with van der Waals surface area (Å²) in [4.78, 5) is 24.0. The molecule has 0 aliphatic rings. The van der Waals surface area contributed by atoms with Crippen molar-refractivity contribution in [3.8, 4) is 0 Å². The van der Waals surface area contributed by atoms with E-state index in [0.717, 1.165) is 6.42 Å². The molecule has 0 saturated heterocycles. The Morgan fingerprint density at radius 3 is 1.81 bits per heavy atom. The fourth-order valence-electron chi connectivity index (χ4n) is 1.52. The van der Waals surface area contributed by atoms with Crippen molar-refractivity contribution in [2.75, 3.05) is 0 Å². The van der Waals surface area contributed by atoms with E-state index in [9.17, 15) is 9.59 Å². The molecule has 1 atom stereocenters. The second kappa shape index (κ2) is 5.11. The van der Waals surface area contributed by atoms with Gasteiger partial charge in [-0.1, -0.05) is 41.5 Å². The zero-order valence-electron chi connectivity index (χ0n) is 11.8. The van der Waals surface area contributed by atoms with E-state index in [0.29, 0.717) is 6.42 Å². The van der Waals surface area contributed by atoms with Crippen LogP contribution in [0.3, 0.4) is 0 Å². The molecule has 0 N–H and O–H groups in total. The predicted molar refractivity (Wildman–Crippen MR) is 67.3 cm³/mol. The van der Waals surface area contributed by atoms with Crippen molar-refractivity contribution in [3.05, 3.63) is 0 Å². The van der Waals surface area contributed by atoms with Crippen LogP contribution in [0.1, 0.15) is 61.3 Å². The van der Waals surface area contributed by atoms with Crippen LogP contribution in [0.2, 0.25) is 0 Å². The van der Waals surface area contributed by atoms with Crippen LogP contribution >= 0.6 is 0 Å². The van der Waals surface area contributed by atoms with Gasteiger partial charge in [-0.15, -0.1) is 0 Å². The van der Waals surface area contributed by atoms with Gasteiger partial charge in [-0.25, -0.2) is 0 Å². The SMILES string of the molecule is CCCC(=O)C(C)C(=O)C(C)(C)C(C)(C)C. The van der Waals surface area contributed by atoms with E-state index in [1.54, 1.807) is 6.92 Å². The minimum atomic E-state index is -0.464. The van der Waals surface area contributed by atoms with E-state index in [1.165, 1.54) is 0 Å². The van der Waals surface area contributed by atoms with Gasteiger partial charge in [0.15, 0.2) is 0 Å². The lowest BCUT2D eigenvalue weighted by Crippen LogP contribution is -2.42. The fourth-order valence-corrected chi connectivity index (χ4v) is 1.52. The molecule has 0 fully saturated rings. The molecule has 0 aromatic heterocycles. The standard InChI is InChI=1S/C14H26O2/c1-8-9-11(15)10(2)12(16)14(6,7)13(3,4)5/h10H,8-9H2,1-7H3. The van der Waals surface area contributed by atoms with Crippen LogP contribution < -0.4 is 0 Å². The lowest BCUT2D eigenvalue weighted by Gasteiger charge is -2.38. The van der Waals surface area contributed by atoms with Crippen molar-refractivity contribution >= 4 is 11.6 Å². The normalized spacial score (nSPS) is 14.7. The molecule has 0 saturated carbocycles. The molecule has 94 valence electrons. The first-order valence-corrected chi connectivity index (χ1v) is 6.12. The maximum absolute atomic E-state index is 12.3. The number of carbonyl (C=O) groups excluding carboxylic acids is 2. The molecule has 0 heterocycles. The number of rotatable bonds is 5. The van der Waals surface area contributed by atoms with Gasteiger partial charge in [-0.05, 0) is 18.8 Å². The number of Topliss-reactive ketones (excluding diaryl/α,β-unsaturated/α-hetero) is 2. The van der Waals surface area contributed by atoms with Gasteiger partial charge in [0.05, 0.1) is 5.92 Å². The molecule has 0 aliphatic carbocycles.